The van der Waals surface area contributed by atoms with Gasteiger partial charge in [0.15, 0.2) is 11.5 Å². The van der Waals surface area contributed by atoms with Crippen LogP contribution in [0.2, 0.25) is 0 Å². The predicted octanol–water partition coefficient (Wildman–Crippen LogP) is 1.55. The molecule has 1 heterocycles. The first-order valence-electron chi connectivity index (χ1n) is 8.73. The average molecular weight is 364 g/mol. The Kier molecular flexibility index (Phi) is 7.26. The first-order valence-corrected chi connectivity index (χ1v) is 8.73. The fraction of sp³-hybridized carbons (Fsp3) is 0.579. The molecule has 144 valence electrons. The van der Waals surface area contributed by atoms with Crippen LogP contribution in [-0.4, -0.2) is 69.7 Å². The minimum atomic E-state index is -0.151. The van der Waals surface area contributed by atoms with Crippen LogP contribution < -0.4 is 9.47 Å². The number of methoxy groups -OCH3 is 3. The van der Waals surface area contributed by atoms with Crippen molar-refractivity contribution in [2.45, 2.75) is 19.4 Å². The summed E-state index contributed by atoms with van der Waals surface area (Å²) in [6.07, 6.45) is 1.47. The zero-order valence-electron chi connectivity index (χ0n) is 16.0. The van der Waals surface area contributed by atoms with Crippen molar-refractivity contribution in [1.29, 1.82) is 0 Å². The van der Waals surface area contributed by atoms with Crippen LogP contribution in [0.3, 0.4) is 0 Å². The second-order valence-corrected chi connectivity index (χ2v) is 6.51. The number of amides is 1. The van der Waals surface area contributed by atoms with Gasteiger partial charge in [-0.05, 0) is 43.6 Å². The number of hydrogen-bond donors (Lipinski definition) is 0. The van der Waals surface area contributed by atoms with Crippen molar-refractivity contribution in [3.05, 3.63) is 23.8 Å². The fourth-order valence-electron chi connectivity index (χ4n) is 3.15. The van der Waals surface area contributed by atoms with Crippen molar-refractivity contribution >= 4 is 11.9 Å². The normalized spacial score (nSPS) is 15.4. The third kappa shape index (κ3) is 5.11. The van der Waals surface area contributed by atoms with E-state index < -0.39 is 0 Å². The predicted molar refractivity (Wildman–Crippen MR) is 97.2 cm³/mol. The number of likely N-dealkylation sites (tertiary alicyclic amines) is 1. The molecule has 0 radical (unpaired) electrons. The quantitative estimate of drug-likeness (QED) is 0.684. The van der Waals surface area contributed by atoms with Crippen LogP contribution in [0.25, 0.3) is 0 Å². The summed E-state index contributed by atoms with van der Waals surface area (Å²) in [7, 11) is 6.40. The van der Waals surface area contributed by atoms with Crippen LogP contribution in [0.5, 0.6) is 11.5 Å². The van der Waals surface area contributed by atoms with E-state index in [9.17, 15) is 9.59 Å². The molecule has 0 aromatic heterocycles. The molecule has 0 bridgehead atoms. The average Bonchev–Trinajstić information content (AvgIpc) is 2.67. The summed E-state index contributed by atoms with van der Waals surface area (Å²) >= 11 is 0. The molecule has 0 aliphatic carbocycles. The van der Waals surface area contributed by atoms with E-state index in [0.717, 1.165) is 31.5 Å². The van der Waals surface area contributed by atoms with Crippen molar-refractivity contribution in [2.24, 2.45) is 5.92 Å². The number of ether oxygens (including phenoxy) is 3. The molecule has 0 spiro atoms. The Morgan fingerprint density at radius 3 is 2.35 bits per heavy atom. The summed E-state index contributed by atoms with van der Waals surface area (Å²) in [6, 6.07) is 5.64. The van der Waals surface area contributed by atoms with E-state index in [-0.39, 0.29) is 17.8 Å². The second-order valence-electron chi connectivity index (χ2n) is 6.51. The van der Waals surface area contributed by atoms with Crippen molar-refractivity contribution in [1.82, 2.24) is 9.80 Å². The topological polar surface area (TPSA) is 68.3 Å². The first-order chi connectivity index (χ1) is 12.5. The molecular formula is C19H28N2O5. The third-order valence-corrected chi connectivity index (χ3v) is 4.77. The molecule has 0 unspecified atom stereocenters. The first kappa shape index (κ1) is 20.0. The number of esters is 1. The van der Waals surface area contributed by atoms with E-state index in [1.165, 1.54) is 7.11 Å². The number of hydrogen-bond acceptors (Lipinski definition) is 6. The SMILES string of the molecule is COC(=O)C1CCN(CC(=O)N(C)Cc2ccc(OC)c(OC)c2)CC1. The van der Waals surface area contributed by atoms with Crippen molar-refractivity contribution < 1.29 is 23.8 Å². The maximum absolute atomic E-state index is 12.5. The Labute approximate surface area is 154 Å². The van der Waals surface area contributed by atoms with Crippen molar-refractivity contribution in [3.8, 4) is 11.5 Å². The summed E-state index contributed by atoms with van der Waals surface area (Å²) in [4.78, 5) is 27.9. The van der Waals surface area contributed by atoms with Gasteiger partial charge < -0.3 is 19.1 Å². The van der Waals surface area contributed by atoms with Gasteiger partial charge >= 0.3 is 5.97 Å². The molecular weight excluding hydrogens is 336 g/mol. The van der Waals surface area contributed by atoms with E-state index in [2.05, 4.69) is 4.90 Å². The van der Waals surface area contributed by atoms with Gasteiger partial charge in [0.1, 0.15) is 0 Å². The Morgan fingerprint density at radius 2 is 1.77 bits per heavy atom. The number of carbonyl (C=O) groups excluding carboxylic acids is 2. The van der Waals surface area contributed by atoms with Crippen LogP contribution in [0.15, 0.2) is 18.2 Å². The standard InChI is InChI=1S/C19H28N2O5/c1-20(12-14-5-6-16(24-2)17(11-14)25-3)18(22)13-21-9-7-15(8-10-21)19(23)26-4/h5-6,11,15H,7-10,12-13H2,1-4H3. The van der Waals surface area contributed by atoms with E-state index in [1.54, 1.807) is 26.2 Å². The molecule has 7 nitrogen and oxygen atoms in total. The molecule has 1 amide bonds. The minimum Gasteiger partial charge on any atom is -0.493 e. The van der Waals surface area contributed by atoms with Gasteiger partial charge in [-0.1, -0.05) is 6.07 Å². The Bertz CT molecular complexity index is 626. The fourth-order valence-corrected chi connectivity index (χ4v) is 3.15. The number of nitrogens with zero attached hydrogens (tertiary/aromatic N) is 2. The largest absolute Gasteiger partial charge is 0.493 e. The van der Waals surface area contributed by atoms with Crippen molar-refractivity contribution in [2.75, 3.05) is 48.0 Å². The zero-order chi connectivity index (χ0) is 19.1. The van der Waals surface area contributed by atoms with Gasteiger partial charge in [0, 0.05) is 13.6 Å². The summed E-state index contributed by atoms with van der Waals surface area (Å²) < 4.78 is 15.3. The highest BCUT2D eigenvalue weighted by Crippen LogP contribution is 2.28. The van der Waals surface area contributed by atoms with Gasteiger partial charge in [0.25, 0.3) is 0 Å². The number of benzene rings is 1. The van der Waals surface area contributed by atoms with E-state index in [4.69, 9.17) is 14.2 Å². The van der Waals surface area contributed by atoms with Gasteiger partial charge in [-0.25, -0.2) is 0 Å². The highest BCUT2D eigenvalue weighted by molar-refractivity contribution is 5.78. The third-order valence-electron chi connectivity index (χ3n) is 4.77. The van der Waals surface area contributed by atoms with Crippen LogP contribution in [0.4, 0.5) is 0 Å². The van der Waals surface area contributed by atoms with Crippen LogP contribution in [0, 0.1) is 5.92 Å². The molecule has 1 saturated heterocycles. The monoisotopic (exact) mass is 364 g/mol. The van der Waals surface area contributed by atoms with E-state index >= 15 is 0 Å². The van der Waals surface area contributed by atoms with Gasteiger partial charge in [-0.2, -0.15) is 0 Å². The summed E-state index contributed by atoms with van der Waals surface area (Å²) in [6.45, 7) is 2.32. The molecule has 26 heavy (non-hydrogen) atoms. The zero-order valence-corrected chi connectivity index (χ0v) is 16.0. The molecule has 1 aromatic carbocycles. The summed E-state index contributed by atoms with van der Waals surface area (Å²) in [5, 5.41) is 0. The lowest BCUT2D eigenvalue weighted by molar-refractivity contribution is -0.147. The van der Waals surface area contributed by atoms with Crippen LogP contribution in [-0.2, 0) is 20.9 Å². The molecule has 2 rings (SSSR count). The van der Waals surface area contributed by atoms with Gasteiger partial charge in [-0.3, -0.25) is 14.5 Å². The molecule has 0 N–H and O–H groups in total. The molecule has 1 fully saturated rings. The highest BCUT2D eigenvalue weighted by Gasteiger charge is 2.27. The van der Waals surface area contributed by atoms with Gasteiger partial charge in [0.05, 0.1) is 33.8 Å². The highest BCUT2D eigenvalue weighted by atomic mass is 16.5. The lowest BCUT2D eigenvalue weighted by Gasteiger charge is -2.31. The van der Waals surface area contributed by atoms with E-state index in [0.29, 0.717) is 24.6 Å². The Hall–Kier alpha value is -2.28. The molecule has 0 atom stereocenters. The van der Waals surface area contributed by atoms with Crippen LogP contribution >= 0.6 is 0 Å². The Balaban J connectivity index is 1.85. The number of rotatable bonds is 7. The molecule has 0 saturated carbocycles. The van der Waals surface area contributed by atoms with Crippen molar-refractivity contribution in [3.63, 3.8) is 0 Å². The molecule has 1 aliphatic rings. The number of carbonyl (C=O) groups is 2. The van der Waals surface area contributed by atoms with Gasteiger partial charge in [0.2, 0.25) is 5.91 Å². The molecule has 7 heteroatoms. The van der Waals surface area contributed by atoms with E-state index in [1.807, 2.05) is 18.2 Å². The Morgan fingerprint density at radius 1 is 1.12 bits per heavy atom. The maximum Gasteiger partial charge on any atom is 0.308 e. The summed E-state index contributed by atoms with van der Waals surface area (Å²) in [5.41, 5.74) is 0.975. The lowest BCUT2D eigenvalue weighted by atomic mass is 9.97. The second kappa shape index (κ2) is 9.43. The smallest absolute Gasteiger partial charge is 0.308 e. The summed E-state index contributed by atoms with van der Waals surface area (Å²) in [5.74, 6) is 1.17. The van der Waals surface area contributed by atoms with Gasteiger partial charge in [-0.15, -0.1) is 0 Å². The van der Waals surface area contributed by atoms with Crippen LogP contribution in [0.1, 0.15) is 18.4 Å². The lowest BCUT2D eigenvalue weighted by Crippen LogP contribution is -2.43. The molecule has 1 aliphatic heterocycles. The molecule has 1 aromatic rings. The minimum absolute atomic E-state index is 0.0455. The maximum atomic E-state index is 12.5. The number of piperidine rings is 1. The number of likely N-dealkylation sites (N-methyl/N-ethyl adjacent to an activating group) is 1.